The minimum atomic E-state index is -4.36. The van der Waals surface area contributed by atoms with Gasteiger partial charge in [0, 0.05) is 18.2 Å². The van der Waals surface area contributed by atoms with Crippen molar-refractivity contribution in [3.63, 3.8) is 0 Å². The van der Waals surface area contributed by atoms with E-state index in [1.54, 1.807) is 12.1 Å². The van der Waals surface area contributed by atoms with Crippen LogP contribution in [-0.2, 0) is 6.18 Å². The molecule has 0 fully saturated rings. The van der Waals surface area contributed by atoms with Crippen molar-refractivity contribution >= 4 is 16.7 Å². The van der Waals surface area contributed by atoms with Crippen molar-refractivity contribution in [3.8, 4) is 11.1 Å². The number of fused-ring (bicyclic) bond motifs is 1. The van der Waals surface area contributed by atoms with Crippen molar-refractivity contribution in [1.29, 1.82) is 0 Å². The lowest BCUT2D eigenvalue weighted by molar-refractivity contribution is -0.137. The Morgan fingerprint density at radius 1 is 1.07 bits per heavy atom. The maximum atomic E-state index is 12.8. The Morgan fingerprint density at radius 2 is 1.78 bits per heavy atom. The number of nitrogens with one attached hydrogen (secondary N) is 1. The van der Waals surface area contributed by atoms with Crippen molar-refractivity contribution in [3.05, 3.63) is 71.8 Å². The fourth-order valence-corrected chi connectivity index (χ4v) is 2.88. The Balaban J connectivity index is 1.97. The molecule has 0 aliphatic rings. The Hall–Kier alpha value is -2.86. The van der Waals surface area contributed by atoms with E-state index in [2.05, 4.69) is 5.32 Å². The zero-order chi connectivity index (χ0) is 19.6. The molecule has 0 saturated heterocycles. The molecule has 6 heteroatoms. The van der Waals surface area contributed by atoms with Gasteiger partial charge in [-0.15, -0.1) is 0 Å². The van der Waals surface area contributed by atoms with Gasteiger partial charge in [0.2, 0.25) is 0 Å². The summed E-state index contributed by atoms with van der Waals surface area (Å²) >= 11 is 0. The lowest BCUT2D eigenvalue weighted by Crippen LogP contribution is -2.37. The minimum Gasteiger partial charge on any atom is -0.348 e. The van der Waals surface area contributed by atoms with Crippen molar-refractivity contribution < 1.29 is 18.0 Å². The lowest BCUT2D eigenvalue weighted by atomic mass is 9.96. The first-order chi connectivity index (χ1) is 12.8. The van der Waals surface area contributed by atoms with Gasteiger partial charge in [-0.05, 0) is 53.1 Å². The molecule has 0 aromatic heterocycles. The molecule has 0 unspecified atom stereocenters. The van der Waals surface area contributed by atoms with E-state index in [1.807, 2.05) is 31.2 Å². The van der Waals surface area contributed by atoms with E-state index in [-0.39, 0.29) is 11.9 Å². The first kappa shape index (κ1) is 18.9. The number of carbonyl (C=O) groups is 1. The second-order valence-corrected chi connectivity index (χ2v) is 6.43. The number of halogens is 3. The Bertz CT molecular complexity index is 965. The predicted octanol–water partition coefficient (Wildman–Crippen LogP) is 4.60. The summed E-state index contributed by atoms with van der Waals surface area (Å²) in [6, 6.07) is 15.7. The topological polar surface area (TPSA) is 55.1 Å². The van der Waals surface area contributed by atoms with Crippen LogP contribution in [0.4, 0.5) is 13.2 Å². The number of amides is 1. The van der Waals surface area contributed by atoms with Gasteiger partial charge >= 0.3 is 6.18 Å². The van der Waals surface area contributed by atoms with Gasteiger partial charge < -0.3 is 11.1 Å². The van der Waals surface area contributed by atoms with E-state index < -0.39 is 11.7 Å². The molecule has 1 amide bonds. The zero-order valence-electron chi connectivity index (χ0n) is 14.7. The van der Waals surface area contributed by atoms with Crippen LogP contribution in [0.3, 0.4) is 0 Å². The molecular formula is C21H19F3N2O. The molecule has 3 N–H and O–H groups in total. The van der Waals surface area contributed by atoms with Crippen molar-refractivity contribution in [2.24, 2.45) is 5.73 Å². The van der Waals surface area contributed by atoms with Crippen LogP contribution < -0.4 is 11.1 Å². The van der Waals surface area contributed by atoms with Gasteiger partial charge in [0.25, 0.3) is 5.91 Å². The van der Waals surface area contributed by atoms with Gasteiger partial charge in [-0.2, -0.15) is 13.2 Å². The predicted molar refractivity (Wildman–Crippen MR) is 100 cm³/mol. The number of hydrogen-bond donors (Lipinski definition) is 2. The highest BCUT2D eigenvalue weighted by Gasteiger charge is 2.30. The molecule has 3 nitrogen and oxygen atoms in total. The number of carbonyl (C=O) groups excluding carboxylic acids is 1. The van der Waals surface area contributed by atoms with Crippen molar-refractivity contribution in [1.82, 2.24) is 5.32 Å². The standard InChI is InChI=1S/C21H19F3N2O/c1-13(12-25)26-20(27)16-7-10-19-15(11-16)3-2-4-18(19)14-5-8-17(9-6-14)21(22,23)24/h2-11,13H,12,25H2,1H3,(H,26,27)/t13-/m0/s1. The van der Waals surface area contributed by atoms with Crippen LogP contribution >= 0.6 is 0 Å². The summed E-state index contributed by atoms with van der Waals surface area (Å²) in [7, 11) is 0. The normalized spacial score (nSPS) is 12.8. The fraction of sp³-hybridized carbons (Fsp3) is 0.190. The quantitative estimate of drug-likeness (QED) is 0.703. The van der Waals surface area contributed by atoms with E-state index in [0.29, 0.717) is 17.7 Å². The number of nitrogens with two attached hydrogens (primary N) is 1. The van der Waals surface area contributed by atoms with Gasteiger partial charge in [0.15, 0.2) is 0 Å². The highest BCUT2D eigenvalue weighted by atomic mass is 19.4. The van der Waals surface area contributed by atoms with Crippen LogP contribution in [0.2, 0.25) is 0 Å². The molecule has 3 aromatic carbocycles. The number of benzene rings is 3. The second kappa shape index (κ2) is 7.40. The summed E-state index contributed by atoms with van der Waals surface area (Å²) in [6.07, 6.45) is -4.36. The van der Waals surface area contributed by atoms with E-state index in [4.69, 9.17) is 5.73 Å². The zero-order valence-corrected chi connectivity index (χ0v) is 14.7. The molecule has 0 bridgehead atoms. The molecule has 0 heterocycles. The minimum absolute atomic E-state index is 0.133. The molecule has 0 aliphatic heterocycles. The highest BCUT2D eigenvalue weighted by Crippen LogP contribution is 2.33. The average molecular weight is 372 g/mol. The van der Waals surface area contributed by atoms with Crippen LogP contribution in [0.1, 0.15) is 22.8 Å². The molecule has 0 aliphatic carbocycles. The molecule has 27 heavy (non-hydrogen) atoms. The highest BCUT2D eigenvalue weighted by molar-refractivity contribution is 6.02. The summed E-state index contributed by atoms with van der Waals surface area (Å²) in [5.74, 6) is -0.213. The van der Waals surface area contributed by atoms with E-state index in [1.165, 1.54) is 12.1 Å². The van der Waals surface area contributed by atoms with Crippen LogP contribution in [0.15, 0.2) is 60.7 Å². The number of rotatable bonds is 4. The Morgan fingerprint density at radius 3 is 2.41 bits per heavy atom. The van der Waals surface area contributed by atoms with Crippen molar-refractivity contribution in [2.75, 3.05) is 6.54 Å². The smallest absolute Gasteiger partial charge is 0.348 e. The number of alkyl halides is 3. The van der Waals surface area contributed by atoms with E-state index in [0.717, 1.165) is 28.5 Å². The monoisotopic (exact) mass is 372 g/mol. The third-order valence-corrected chi connectivity index (χ3v) is 4.40. The third kappa shape index (κ3) is 4.11. The van der Waals surface area contributed by atoms with Gasteiger partial charge in [-0.3, -0.25) is 4.79 Å². The lowest BCUT2D eigenvalue weighted by Gasteiger charge is -2.13. The van der Waals surface area contributed by atoms with Crippen LogP contribution in [0.25, 0.3) is 21.9 Å². The third-order valence-electron chi connectivity index (χ3n) is 4.40. The van der Waals surface area contributed by atoms with Gasteiger partial charge in [-0.1, -0.05) is 36.4 Å². The second-order valence-electron chi connectivity index (χ2n) is 6.43. The summed E-state index contributed by atoms with van der Waals surface area (Å²) in [4.78, 5) is 12.3. The van der Waals surface area contributed by atoms with Gasteiger partial charge in [0.05, 0.1) is 5.56 Å². The Kier molecular flexibility index (Phi) is 5.19. The van der Waals surface area contributed by atoms with Crippen LogP contribution in [0.5, 0.6) is 0 Å². The molecule has 0 spiro atoms. The maximum absolute atomic E-state index is 12.8. The van der Waals surface area contributed by atoms with Gasteiger partial charge in [0.1, 0.15) is 0 Å². The molecule has 140 valence electrons. The number of hydrogen-bond acceptors (Lipinski definition) is 2. The summed E-state index contributed by atoms with van der Waals surface area (Å²) in [5, 5.41) is 4.50. The SMILES string of the molecule is C[C@@H](CN)NC(=O)c1ccc2c(-c3ccc(C(F)(F)F)cc3)cccc2c1. The first-order valence-corrected chi connectivity index (χ1v) is 8.51. The molecule has 0 radical (unpaired) electrons. The summed E-state index contributed by atoms with van der Waals surface area (Å²) in [6.45, 7) is 2.17. The van der Waals surface area contributed by atoms with Crippen LogP contribution in [-0.4, -0.2) is 18.5 Å². The summed E-state index contributed by atoms with van der Waals surface area (Å²) < 4.78 is 38.3. The molecule has 1 atom stereocenters. The molecular weight excluding hydrogens is 353 g/mol. The Labute approximate surface area is 155 Å². The molecule has 3 rings (SSSR count). The molecule has 3 aromatic rings. The molecule has 0 saturated carbocycles. The average Bonchev–Trinajstić information content (AvgIpc) is 2.66. The van der Waals surface area contributed by atoms with Crippen LogP contribution in [0, 0.1) is 0 Å². The maximum Gasteiger partial charge on any atom is 0.416 e. The van der Waals surface area contributed by atoms with E-state index >= 15 is 0 Å². The van der Waals surface area contributed by atoms with Gasteiger partial charge in [-0.25, -0.2) is 0 Å². The fourth-order valence-electron chi connectivity index (χ4n) is 2.88. The largest absolute Gasteiger partial charge is 0.416 e. The first-order valence-electron chi connectivity index (χ1n) is 8.51. The van der Waals surface area contributed by atoms with Crippen molar-refractivity contribution in [2.45, 2.75) is 19.1 Å². The van der Waals surface area contributed by atoms with E-state index in [9.17, 15) is 18.0 Å². The summed E-state index contributed by atoms with van der Waals surface area (Å²) in [5.41, 5.74) is 6.84.